The summed E-state index contributed by atoms with van der Waals surface area (Å²) in [6.07, 6.45) is 0. The van der Waals surface area contributed by atoms with Crippen LogP contribution in [0.5, 0.6) is 5.75 Å². The number of aromatic nitrogens is 3. The molecule has 12 heteroatoms. The van der Waals surface area contributed by atoms with Crippen LogP contribution in [-0.2, 0) is 6.61 Å². The van der Waals surface area contributed by atoms with Crippen LogP contribution in [0.3, 0.4) is 0 Å². The lowest BCUT2D eigenvalue weighted by atomic mass is 10.1. The molecule has 3 aromatic carbocycles. The van der Waals surface area contributed by atoms with Crippen molar-refractivity contribution >= 4 is 33.4 Å². The minimum absolute atomic E-state index is 0.0111. The van der Waals surface area contributed by atoms with Crippen LogP contribution in [0.25, 0.3) is 5.69 Å². The van der Waals surface area contributed by atoms with E-state index in [2.05, 4.69) is 26.1 Å². The van der Waals surface area contributed by atoms with Gasteiger partial charge in [-0.25, -0.2) is 0 Å². The van der Waals surface area contributed by atoms with E-state index in [9.17, 15) is 20.2 Å². The molecule has 4 aromatic rings. The molecule has 190 valence electrons. The van der Waals surface area contributed by atoms with Crippen molar-refractivity contribution in [1.82, 2.24) is 14.8 Å². The number of thioether (sulfide) groups is 1. The van der Waals surface area contributed by atoms with Crippen molar-refractivity contribution in [3.8, 4) is 11.4 Å². The van der Waals surface area contributed by atoms with Crippen LogP contribution in [-0.4, -0.2) is 31.2 Å². The van der Waals surface area contributed by atoms with Gasteiger partial charge in [0.05, 0.1) is 9.40 Å². The molecule has 0 unspecified atom stereocenters. The Hall–Kier alpha value is -3.77. The number of aryl methyl sites for hydroxylation is 2. The first-order valence-corrected chi connectivity index (χ1v) is 12.8. The molecule has 0 radical (unpaired) electrons. The van der Waals surface area contributed by atoms with E-state index in [4.69, 9.17) is 4.74 Å². The average molecular weight is 584 g/mol. The fraction of sp³-hybridized carbons (Fsp3) is 0.200. The molecule has 10 nitrogen and oxygen atoms in total. The van der Waals surface area contributed by atoms with Crippen molar-refractivity contribution in [3.05, 3.63) is 114 Å². The molecule has 0 aliphatic heterocycles. The maximum absolute atomic E-state index is 11.5. The van der Waals surface area contributed by atoms with Crippen molar-refractivity contribution in [2.45, 2.75) is 30.9 Å². The predicted molar refractivity (Wildman–Crippen MR) is 143 cm³/mol. The highest BCUT2D eigenvalue weighted by atomic mass is 79.9. The van der Waals surface area contributed by atoms with Crippen molar-refractivity contribution in [1.29, 1.82) is 0 Å². The number of non-ortho nitro benzene ring substituents is 1. The summed E-state index contributed by atoms with van der Waals surface area (Å²) in [5.41, 5.74) is 3.51. The second-order valence-corrected chi connectivity index (χ2v) is 10.2. The fourth-order valence-electron chi connectivity index (χ4n) is 3.59. The first-order chi connectivity index (χ1) is 17.7. The second-order valence-electron chi connectivity index (χ2n) is 8.22. The molecule has 0 saturated heterocycles. The Morgan fingerprint density at radius 1 is 1.00 bits per heavy atom. The minimum atomic E-state index is -0.525. The first-order valence-electron chi connectivity index (χ1n) is 11.1. The second kappa shape index (κ2) is 11.5. The predicted octanol–water partition coefficient (Wildman–Crippen LogP) is 6.24. The summed E-state index contributed by atoms with van der Waals surface area (Å²) in [7, 11) is 0. The molecule has 1 atom stereocenters. The van der Waals surface area contributed by atoms with Gasteiger partial charge in [0.1, 0.15) is 23.4 Å². The molecule has 0 N–H and O–H groups in total. The molecular weight excluding hydrogens is 562 g/mol. The van der Waals surface area contributed by atoms with E-state index in [1.54, 1.807) is 30.3 Å². The van der Waals surface area contributed by atoms with Gasteiger partial charge in [-0.05, 0) is 77.3 Å². The Labute approximate surface area is 225 Å². The summed E-state index contributed by atoms with van der Waals surface area (Å²) in [5, 5.41) is 30.9. The number of nitro benzene ring substituents is 1. The van der Waals surface area contributed by atoms with Gasteiger partial charge in [0.2, 0.25) is 6.54 Å². The number of hydrogen-bond donors (Lipinski definition) is 0. The number of ether oxygens (including phenoxy) is 1. The largest absolute Gasteiger partial charge is 0.488 e. The van der Waals surface area contributed by atoms with Crippen LogP contribution in [0.4, 0.5) is 5.69 Å². The highest BCUT2D eigenvalue weighted by molar-refractivity contribution is 9.10. The zero-order valence-corrected chi connectivity index (χ0v) is 22.3. The first kappa shape index (κ1) is 26.3. The van der Waals surface area contributed by atoms with Gasteiger partial charge in [0, 0.05) is 22.7 Å². The van der Waals surface area contributed by atoms with Crippen LogP contribution in [0, 0.1) is 34.1 Å². The van der Waals surface area contributed by atoms with E-state index >= 15 is 0 Å². The van der Waals surface area contributed by atoms with Crippen molar-refractivity contribution in [3.63, 3.8) is 0 Å². The zero-order valence-electron chi connectivity index (χ0n) is 19.9. The summed E-state index contributed by atoms with van der Waals surface area (Å²) in [4.78, 5) is 21.5. The Morgan fingerprint density at radius 3 is 2.32 bits per heavy atom. The molecule has 1 heterocycles. The minimum Gasteiger partial charge on any atom is -0.488 e. The number of rotatable bonds is 10. The molecule has 0 fully saturated rings. The highest BCUT2D eigenvalue weighted by Crippen LogP contribution is 2.39. The number of benzene rings is 3. The van der Waals surface area contributed by atoms with Crippen molar-refractivity contribution in [2.75, 3.05) is 6.54 Å². The van der Waals surface area contributed by atoms with Crippen LogP contribution in [0.15, 0.2) is 76.4 Å². The Morgan fingerprint density at radius 2 is 1.70 bits per heavy atom. The third-order valence-electron chi connectivity index (χ3n) is 5.52. The summed E-state index contributed by atoms with van der Waals surface area (Å²) >= 11 is 4.78. The summed E-state index contributed by atoms with van der Waals surface area (Å²) in [5.74, 6) is 1.23. The maximum atomic E-state index is 11.5. The van der Waals surface area contributed by atoms with Crippen LogP contribution >= 0.6 is 27.7 Å². The van der Waals surface area contributed by atoms with Crippen LogP contribution in [0.1, 0.15) is 27.8 Å². The average Bonchev–Trinajstić information content (AvgIpc) is 3.23. The molecule has 4 rings (SSSR count). The van der Waals surface area contributed by atoms with Gasteiger partial charge in [0.15, 0.2) is 5.16 Å². The van der Waals surface area contributed by atoms with Gasteiger partial charge in [-0.3, -0.25) is 24.8 Å². The topological polar surface area (TPSA) is 126 Å². The molecule has 0 bridgehead atoms. The monoisotopic (exact) mass is 583 g/mol. The van der Waals surface area contributed by atoms with E-state index in [-0.39, 0.29) is 23.8 Å². The molecule has 0 spiro atoms. The van der Waals surface area contributed by atoms with Gasteiger partial charge >= 0.3 is 0 Å². The standard InChI is InChI=1S/C25H22BrN5O5S/c1-16-3-8-20(9-4-16)30-17(2)27-28-25(30)37-24(14-29(32)33)19-7-12-23(22(26)13-19)36-15-18-5-10-21(11-6-18)31(34)35/h3-13,24H,14-15H2,1-2H3/t24-/m1/s1. The number of halogens is 1. The van der Waals surface area contributed by atoms with E-state index in [1.165, 1.54) is 23.9 Å². The van der Waals surface area contributed by atoms with E-state index in [1.807, 2.05) is 42.7 Å². The van der Waals surface area contributed by atoms with Crippen LogP contribution in [0.2, 0.25) is 0 Å². The van der Waals surface area contributed by atoms with Crippen molar-refractivity contribution in [2.24, 2.45) is 0 Å². The smallest absolute Gasteiger partial charge is 0.269 e. The van der Waals surface area contributed by atoms with Gasteiger partial charge in [-0.1, -0.05) is 35.5 Å². The van der Waals surface area contributed by atoms with Gasteiger partial charge < -0.3 is 4.74 Å². The third kappa shape index (κ3) is 6.52. The maximum Gasteiger partial charge on any atom is 0.269 e. The SMILES string of the molecule is Cc1ccc(-n2c(C)nnc2S[C@H](C[N+](=O)[O-])c2ccc(OCc3ccc([N+](=O)[O-])cc3)c(Br)c2)cc1. The molecule has 1 aromatic heterocycles. The lowest BCUT2D eigenvalue weighted by Crippen LogP contribution is -2.11. The molecule has 0 aliphatic rings. The Balaban J connectivity index is 1.54. The van der Waals surface area contributed by atoms with Crippen molar-refractivity contribution < 1.29 is 14.6 Å². The Bertz CT molecular complexity index is 1430. The number of nitrogens with zero attached hydrogens (tertiary/aromatic N) is 5. The van der Waals surface area contributed by atoms with Crippen LogP contribution < -0.4 is 4.74 Å². The highest BCUT2D eigenvalue weighted by Gasteiger charge is 2.24. The summed E-state index contributed by atoms with van der Waals surface area (Å²) in [6, 6.07) is 19.4. The third-order valence-corrected chi connectivity index (χ3v) is 7.32. The van der Waals surface area contributed by atoms with E-state index in [0.717, 1.165) is 22.4 Å². The molecule has 37 heavy (non-hydrogen) atoms. The normalized spacial score (nSPS) is 11.8. The summed E-state index contributed by atoms with van der Waals surface area (Å²) in [6.45, 7) is 3.75. The summed E-state index contributed by atoms with van der Waals surface area (Å²) < 4.78 is 8.38. The van der Waals surface area contributed by atoms with Gasteiger partial charge in [0.25, 0.3) is 5.69 Å². The fourth-order valence-corrected chi connectivity index (χ4v) is 5.27. The number of nitro groups is 2. The number of hydrogen-bond acceptors (Lipinski definition) is 8. The van der Waals surface area contributed by atoms with Gasteiger partial charge in [-0.2, -0.15) is 0 Å². The zero-order chi connectivity index (χ0) is 26.5. The lowest BCUT2D eigenvalue weighted by Gasteiger charge is -2.16. The molecule has 0 saturated carbocycles. The van der Waals surface area contributed by atoms with E-state index in [0.29, 0.717) is 21.2 Å². The molecular formula is C25H22BrN5O5S. The van der Waals surface area contributed by atoms with E-state index < -0.39 is 10.2 Å². The quantitative estimate of drug-likeness (QED) is 0.122. The molecule has 0 amide bonds. The lowest BCUT2D eigenvalue weighted by molar-refractivity contribution is -0.479. The Kier molecular flexibility index (Phi) is 8.19. The molecule has 0 aliphatic carbocycles. The van der Waals surface area contributed by atoms with Gasteiger partial charge in [-0.15, -0.1) is 10.2 Å².